The second kappa shape index (κ2) is 8.01. The van der Waals surface area contributed by atoms with E-state index in [0.29, 0.717) is 53.7 Å². The van der Waals surface area contributed by atoms with E-state index in [2.05, 4.69) is 10.1 Å². The summed E-state index contributed by atoms with van der Waals surface area (Å²) in [6.07, 6.45) is -4.66. The molecule has 34 heavy (non-hydrogen) atoms. The summed E-state index contributed by atoms with van der Waals surface area (Å²) in [6, 6.07) is 7.89. The van der Waals surface area contributed by atoms with E-state index in [1.54, 1.807) is 12.1 Å². The van der Waals surface area contributed by atoms with E-state index < -0.39 is 24.5 Å². The lowest BCUT2D eigenvalue weighted by Crippen LogP contribution is -2.54. The molecule has 3 aliphatic heterocycles. The van der Waals surface area contributed by atoms with Gasteiger partial charge >= 0.3 is 6.36 Å². The fourth-order valence-electron chi connectivity index (χ4n) is 4.75. The first-order chi connectivity index (χ1) is 16.1. The average molecular weight is 475 g/mol. The molecular weight excluding hydrogens is 455 g/mol. The number of aliphatic hydroxyl groups is 1. The Kier molecular flexibility index (Phi) is 5.23. The van der Waals surface area contributed by atoms with Gasteiger partial charge in [-0.15, -0.1) is 13.2 Å². The highest BCUT2D eigenvalue weighted by Crippen LogP contribution is 2.35. The molecule has 3 aliphatic rings. The number of hydrogen-bond donors (Lipinski definition) is 2. The Labute approximate surface area is 191 Å². The number of halogens is 3. The van der Waals surface area contributed by atoms with E-state index in [-0.39, 0.29) is 24.1 Å². The molecule has 11 heteroatoms. The van der Waals surface area contributed by atoms with Crippen LogP contribution in [0.3, 0.4) is 0 Å². The maximum Gasteiger partial charge on any atom is 0.573 e. The van der Waals surface area contributed by atoms with Gasteiger partial charge in [0.05, 0.1) is 0 Å². The first-order valence-electron chi connectivity index (χ1n) is 10.7. The van der Waals surface area contributed by atoms with E-state index in [9.17, 15) is 32.7 Å². The number of aliphatic hydroxyl groups excluding tert-OH is 1. The van der Waals surface area contributed by atoms with E-state index in [1.165, 1.54) is 34.1 Å². The number of anilines is 1. The van der Waals surface area contributed by atoms with Gasteiger partial charge in [-0.1, -0.05) is 0 Å². The molecule has 0 spiro atoms. The number of carbonyl (C=O) groups excluding carboxylic acids is 3. The molecule has 0 radical (unpaired) electrons. The molecule has 3 amide bonds. The summed E-state index contributed by atoms with van der Waals surface area (Å²) in [5, 5.41) is 12.0. The van der Waals surface area contributed by atoms with Gasteiger partial charge in [-0.05, 0) is 66.8 Å². The fourth-order valence-corrected chi connectivity index (χ4v) is 4.75. The molecule has 3 heterocycles. The topological polar surface area (TPSA) is 99.2 Å². The van der Waals surface area contributed by atoms with Gasteiger partial charge < -0.3 is 25.0 Å². The lowest BCUT2D eigenvalue weighted by Gasteiger charge is -2.32. The predicted molar refractivity (Wildman–Crippen MR) is 112 cm³/mol. The summed E-state index contributed by atoms with van der Waals surface area (Å²) in [4.78, 5) is 41.2. The van der Waals surface area contributed by atoms with E-state index in [4.69, 9.17) is 0 Å². The number of carbonyl (C=O) groups is 3. The second-order valence-electron chi connectivity index (χ2n) is 8.47. The molecule has 0 aromatic heterocycles. The molecule has 2 unspecified atom stereocenters. The average Bonchev–Trinajstić information content (AvgIpc) is 3.32. The van der Waals surface area contributed by atoms with Crippen LogP contribution in [-0.4, -0.2) is 52.9 Å². The van der Waals surface area contributed by atoms with Crippen molar-refractivity contribution in [3.63, 3.8) is 0 Å². The van der Waals surface area contributed by atoms with Gasteiger partial charge in [-0.25, -0.2) is 0 Å². The highest BCUT2D eigenvalue weighted by atomic mass is 19.4. The van der Waals surface area contributed by atoms with Crippen molar-refractivity contribution in [2.24, 2.45) is 0 Å². The lowest BCUT2D eigenvalue weighted by atomic mass is 10.0. The Balaban J connectivity index is 1.34. The number of alkyl halides is 3. The minimum absolute atomic E-state index is 0.165. The van der Waals surface area contributed by atoms with Crippen LogP contribution in [0.1, 0.15) is 44.7 Å². The van der Waals surface area contributed by atoms with Gasteiger partial charge in [-0.3, -0.25) is 14.4 Å². The number of amides is 3. The van der Waals surface area contributed by atoms with Crippen LogP contribution in [0.4, 0.5) is 18.9 Å². The van der Waals surface area contributed by atoms with Crippen LogP contribution in [-0.2, 0) is 17.8 Å². The molecule has 0 bridgehead atoms. The van der Waals surface area contributed by atoms with E-state index >= 15 is 0 Å². The van der Waals surface area contributed by atoms with Gasteiger partial charge in [0.15, 0.2) is 0 Å². The Morgan fingerprint density at radius 2 is 1.88 bits per heavy atom. The van der Waals surface area contributed by atoms with Gasteiger partial charge in [0.2, 0.25) is 5.91 Å². The van der Waals surface area contributed by atoms with Gasteiger partial charge in [0.25, 0.3) is 11.8 Å². The summed E-state index contributed by atoms with van der Waals surface area (Å²) in [6.45, 7) is 0.467. The number of piperidine rings is 1. The third-order valence-corrected chi connectivity index (χ3v) is 6.31. The molecule has 2 aromatic rings. The molecular formula is C23H20F3N3O5. The summed E-state index contributed by atoms with van der Waals surface area (Å²) in [5.41, 5.74) is 2.44. The third kappa shape index (κ3) is 3.96. The summed E-state index contributed by atoms with van der Waals surface area (Å²) in [7, 11) is 0. The molecule has 5 rings (SSSR count). The molecule has 2 N–H and O–H groups in total. The van der Waals surface area contributed by atoms with Gasteiger partial charge in [-0.2, -0.15) is 0 Å². The SMILES string of the molecule is O=C1NC(O)CCC1N1Cc2cc(C(=O)N3CCc4cc(OC(F)(F)F)ccc43)ccc2C1=O. The number of nitrogens with zero attached hydrogens (tertiary/aromatic N) is 2. The largest absolute Gasteiger partial charge is 0.573 e. The van der Waals surface area contributed by atoms with E-state index in [0.717, 1.165) is 0 Å². The van der Waals surface area contributed by atoms with Gasteiger partial charge in [0, 0.05) is 29.9 Å². The zero-order chi connectivity index (χ0) is 24.2. The van der Waals surface area contributed by atoms with Crippen LogP contribution < -0.4 is 15.0 Å². The van der Waals surface area contributed by atoms with Crippen molar-refractivity contribution in [3.05, 3.63) is 58.7 Å². The van der Waals surface area contributed by atoms with Crippen molar-refractivity contribution in [1.29, 1.82) is 0 Å². The molecule has 178 valence electrons. The Morgan fingerprint density at radius 1 is 1.09 bits per heavy atom. The lowest BCUT2D eigenvalue weighted by molar-refractivity contribution is -0.274. The van der Waals surface area contributed by atoms with Crippen molar-refractivity contribution in [3.8, 4) is 5.75 Å². The van der Waals surface area contributed by atoms with Crippen LogP contribution in [0.2, 0.25) is 0 Å². The first kappa shape index (κ1) is 22.2. The van der Waals surface area contributed by atoms with Crippen LogP contribution >= 0.6 is 0 Å². The number of hydrogen-bond acceptors (Lipinski definition) is 5. The zero-order valence-corrected chi connectivity index (χ0v) is 17.8. The highest BCUT2D eigenvalue weighted by Gasteiger charge is 2.39. The second-order valence-corrected chi connectivity index (χ2v) is 8.47. The van der Waals surface area contributed by atoms with Crippen molar-refractivity contribution < 1.29 is 37.4 Å². The summed E-state index contributed by atoms with van der Waals surface area (Å²) in [5.74, 6) is -1.40. The number of fused-ring (bicyclic) bond motifs is 2. The minimum atomic E-state index is -4.80. The fraction of sp³-hybridized carbons (Fsp3) is 0.348. The number of nitrogens with one attached hydrogen (secondary N) is 1. The maximum atomic E-state index is 13.2. The molecule has 2 atom stereocenters. The molecule has 0 saturated carbocycles. The summed E-state index contributed by atoms with van der Waals surface area (Å²) >= 11 is 0. The first-order valence-corrected chi connectivity index (χ1v) is 10.7. The Hall–Kier alpha value is -3.60. The van der Waals surface area contributed by atoms with Gasteiger partial charge in [0.1, 0.15) is 18.0 Å². The molecule has 1 saturated heterocycles. The quantitative estimate of drug-likeness (QED) is 0.710. The van der Waals surface area contributed by atoms with Crippen molar-refractivity contribution in [2.75, 3.05) is 11.4 Å². The van der Waals surface area contributed by atoms with Crippen LogP contribution in [0.25, 0.3) is 0 Å². The molecule has 8 nitrogen and oxygen atoms in total. The zero-order valence-electron chi connectivity index (χ0n) is 17.8. The van der Waals surface area contributed by atoms with Crippen molar-refractivity contribution in [1.82, 2.24) is 10.2 Å². The van der Waals surface area contributed by atoms with Crippen molar-refractivity contribution >= 4 is 23.4 Å². The third-order valence-electron chi connectivity index (χ3n) is 6.31. The number of rotatable bonds is 3. The maximum absolute atomic E-state index is 13.2. The number of ether oxygens (including phenoxy) is 1. The van der Waals surface area contributed by atoms with Crippen LogP contribution in [0.5, 0.6) is 5.75 Å². The smallest absolute Gasteiger partial charge is 0.406 e. The normalized spacial score (nSPS) is 21.9. The van der Waals surface area contributed by atoms with Crippen molar-refractivity contribution in [2.45, 2.75) is 44.4 Å². The molecule has 0 aliphatic carbocycles. The Bertz CT molecular complexity index is 1200. The highest BCUT2D eigenvalue weighted by molar-refractivity contribution is 6.09. The standard InChI is InChI=1S/C23H20F3N3O5/c24-23(25,26)34-15-2-4-17-12(10-15)7-8-28(17)21(32)13-1-3-16-14(9-13)11-29(22(16)33)18-5-6-19(30)27-20(18)31/h1-4,9-10,18-19,30H,5-8,11H2,(H,27,31). The molecule has 1 fully saturated rings. The monoisotopic (exact) mass is 475 g/mol. The van der Waals surface area contributed by atoms with Crippen LogP contribution in [0, 0.1) is 0 Å². The van der Waals surface area contributed by atoms with Crippen LogP contribution in [0.15, 0.2) is 36.4 Å². The molecule has 2 aromatic carbocycles. The minimum Gasteiger partial charge on any atom is -0.406 e. The van der Waals surface area contributed by atoms with E-state index in [1.807, 2.05) is 0 Å². The number of benzene rings is 2. The predicted octanol–water partition coefficient (Wildman–Crippen LogP) is 2.34. The summed E-state index contributed by atoms with van der Waals surface area (Å²) < 4.78 is 41.4. The Morgan fingerprint density at radius 3 is 2.62 bits per heavy atom.